The number of aromatic nitrogens is 6. The molecule has 0 radical (unpaired) electrons. The van der Waals surface area contributed by atoms with Crippen molar-refractivity contribution in [2.75, 3.05) is 31.6 Å². The lowest BCUT2D eigenvalue weighted by Crippen LogP contribution is -2.40. The fourth-order valence-electron chi connectivity index (χ4n) is 5.34. The fraction of sp³-hybridized carbons (Fsp3) is 0.303. The Kier molecular flexibility index (Phi) is 8.19. The van der Waals surface area contributed by atoms with Crippen LogP contribution in [0.2, 0.25) is 0 Å². The van der Waals surface area contributed by atoms with E-state index in [0.29, 0.717) is 65.3 Å². The topological polar surface area (TPSA) is 157 Å². The van der Waals surface area contributed by atoms with Crippen LogP contribution in [0.25, 0.3) is 27.8 Å². The molecule has 5 heterocycles. The number of aliphatic hydroxyl groups is 1. The third kappa shape index (κ3) is 5.89. The zero-order valence-electron chi connectivity index (χ0n) is 26.0. The maximum atomic E-state index is 13.6. The number of amides is 1. The number of hydrogen-bond acceptors (Lipinski definition) is 10. The van der Waals surface area contributed by atoms with E-state index in [4.69, 9.17) is 4.74 Å². The van der Waals surface area contributed by atoms with Crippen molar-refractivity contribution in [2.45, 2.75) is 32.8 Å². The molecule has 1 fully saturated rings. The molecule has 1 amide bonds. The molecular formula is C33H34N8O5. The number of pyridine rings is 2. The SMILES string of the molecule is Cn1nc(-c2ccnc(-n3ncc4cc(C(C)(C)C)ccc4c3=O)c2CO)cc(Nc2ccc(C(=O)N3CCOCC3)cn2)c1=O. The van der Waals surface area contributed by atoms with Crippen molar-refractivity contribution < 1.29 is 14.6 Å². The number of hydrogen-bond donors (Lipinski definition) is 2. The number of aryl methyl sites for hydroxylation is 1. The van der Waals surface area contributed by atoms with Gasteiger partial charge in [-0.15, -0.1) is 0 Å². The summed E-state index contributed by atoms with van der Waals surface area (Å²) < 4.78 is 7.65. The number of aliphatic hydroxyl groups excluding tert-OH is 1. The molecule has 46 heavy (non-hydrogen) atoms. The molecule has 1 aromatic carbocycles. The van der Waals surface area contributed by atoms with Crippen molar-refractivity contribution in [1.29, 1.82) is 0 Å². The van der Waals surface area contributed by atoms with Crippen molar-refractivity contribution >= 4 is 28.2 Å². The van der Waals surface area contributed by atoms with E-state index in [-0.39, 0.29) is 28.4 Å². The van der Waals surface area contributed by atoms with Crippen LogP contribution in [0.15, 0.2) is 70.6 Å². The summed E-state index contributed by atoms with van der Waals surface area (Å²) in [6.45, 7) is 7.86. The van der Waals surface area contributed by atoms with Gasteiger partial charge in [0, 0.05) is 49.0 Å². The Morgan fingerprint density at radius 3 is 2.48 bits per heavy atom. The van der Waals surface area contributed by atoms with E-state index in [2.05, 4.69) is 46.3 Å². The summed E-state index contributed by atoms with van der Waals surface area (Å²) in [7, 11) is 1.51. The zero-order chi connectivity index (χ0) is 32.6. The van der Waals surface area contributed by atoms with Gasteiger partial charge in [0.05, 0.1) is 42.7 Å². The fourth-order valence-corrected chi connectivity index (χ4v) is 5.34. The molecule has 13 nitrogen and oxygen atoms in total. The number of morpholine rings is 1. The van der Waals surface area contributed by atoms with Crippen LogP contribution >= 0.6 is 0 Å². The van der Waals surface area contributed by atoms with Gasteiger partial charge in [-0.1, -0.05) is 26.8 Å². The number of benzene rings is 1. The average Bonchev–Trinajstić information content (AvgIpc) is 3.06. The van der Waals surface area contributed by atoms with Crippen molar-refractivity contribution in [3.63, 3.8) is 0 Å². The van der Waals surface area contributed by atoms with Gasteiger partial charge in [-0.2, -0.15) is 14.9 Å². The van der Waals surface area contributed by atoms with E-state index >= 15 is 0 Å². The standard InChI is InChI=1S/C33H34N8O5/c1-33(2,3)22-6-7-23-21(15-22)18-36-41(31(23)44)29-25(19-42)24(9-10-34-29)26-16-27(32(45)39(4)38-26)37-28-8-5-20(17-35-28)30(43)40-11-13-46-14-12-40/h5-10,15-18,42H,11-14,19H2,1-4H3,(H,35,37). The molecule has 0 aliphatic carbocycles. The second-order valence-electron chi connectivity index (χ2n) is 12.1. The van der Waals surface area contributed by atoms with Crippen LogP contribution in [-0.4, -0.2) is 71.7 Å². The molecular weight excluding hydrogens is 588 g/mol. The third-order valence-electron chi connectivity index (χ3n) is 7.95. The largest absolute Gasteiger partial charge is 0.392 e. The van der Waals surface area contributed by atoms with Gasteiger partial charge in [0.1, 0.15) is 11.5 Å². The van der Waals surface area contributed by atoms with Gasteiger partial charge >= 0.3 is 0 Å². The molecule has 1 aliphatic heterocycles. The summed E-state index contributed by atoms with van der Waals surface area (Å²) >= 11 is 0. The van der Waals surface area contributed by atoms with E-state index in [1.54, 1.807) is 41.4 Å². The van der Waals surface area contributed by atoms with Crippen molar-refractivity contribution in [3.05, 3.63) is 98.5 Å². The van der Waals surface area contributed by atoms with Gasteiger partial charge in [0.2, 0.25) is 0 Å². The number of nitrogens with zero attached hydrogens (tertiary/aromatic N) is 7. The summed E-state index contributed by atoms with van der Waals surface area (Å²) in [6.07, 6.45) is 4.57. The number of fused-ring (bicyclic) bond motifs is 1. The van der Waals surface area contributed by atoms with E-state index in [1.165, 1.54) is 28.8 Å². The smallest absolute Gasteiger partial charge is 0.290 e. The first kappa shape index (κ1) is 30.7. The molecule has 0 unspecified atom stereocenters. The Balaban J connectivity index is 1.34. The van der Waals surface area contributed by atoms with Gasteiger partial charge in [0.25, 0.3) is 17.0 Å². The Hall–Kier alpha value is -5.27. The molecule has 236 valence electrons. The van der Waals surface area contributed by atoms with Gasteiger partial charge in [0.15, 0.2) is 5.82 Å². The second kappa shape index (κ2) is 12.3. The quantitative estimate of drug-likeness (QED) is 0.289. The van der Waals surface area contributed by atoms with E-state index in [1.807, 2.05) is 12.1 Å². The molecule has 1 saturated heterocycles. The highest BCUT2D eigenvalue weighted by Crippen LogP contribution is 2.28. The average molecular weight is 623 g/mol. The molecule has 0 bridgehead atoms. The number of ether oxygens (including phenoxy) is 1. The first-order valence-corrected chi connectivity index (χ1v) is 14.9. The summed E-state index contributed by atoms with van der Waals surface area (Å²) in [4.78, 5) is 49.9. The minimum absolute atomic E-state index is 0.0961. The summed E-state index contributed by atoms with van der Waals surface area (Å²) in [6, 6.07) is 12.1. The van der Waals surface area contributed by atoms with Gasteiger partial charge < -0.3 is 20.1 Å². The second-order valence-corrected chi connectivity index (χ2v) is 12.1. The third-order valence-corrected chi connectivity index (χ3v) is 7.95. The highest BCUT2D eigenvalue weighted by molar-refractivity contribution is 5.94. The van der Waals surface area contributed by atoms with Crippen LogP contribution < -0.4 is 16.4 Å². The van der Waals surface area contributed by atoms with Crippen LogP contribution in [0.1, 0.15) is 42.3 Å². The van der Waals surface area contributed by atoms with Gasteiger partial charge in [-0.3, -0.25) is 14.4 Å². The van der Waals surface area contributed by atoms with Gasteiger partial charge in [-0.25, -0.2) is 14.6 Å². The number of carbonyl (C=O) groups excluding carboxylic acids is 1. The maximum absolute atomic E-state index is 13.6. The Morgan fingerprint density at radius 2 is 1.78 bits per heavy atom. The van der Waals surface area contributed by atoms with E-state index in [9.17, 15) is 19.5 Å². The molecule has 0 saturated carbocycles. The van der Waals surface area contributed by atoms with Gasteiger partial charge in [-0.05, 0) is 47.4 Å². The molecule has 0 spiro atoms. The minimum Gasteiger partial charge on any atom is -0.392 e. The number of rotatable bonds is 6. The van der Waals surface area contributed by atoms with Crippen LogP contribution in [0.4, 0.5) is 11.5 Å². The lowest BCUT2D eigenvalue weighted by atomic mass is 9.86. The molecule has 13 heteroatoms. The predicted molar refractivity (Wildman–Crippen MR) is 172 cm³/mol. The van der Waals surface area contributed by atoms with E-state index in [0.717, 1.165) is 5.56 Å². The first-order valence-electron chi connectivity index (χ1n) is 14.9. The van der Waals surface area contributed by atoms with Crippen molar-refractivity contribution in [1.82, 2.24) is 34.4 Å². The number of nitrogens with one attached hydrogen (secondary N) is 1. The molecule has 4 aromatic heterocycles. The Bertz CT molecular complexity index is 2060. The normalized spacial score (nSPS) is 13.6. The van der Waals surface area contributed by atoms with Crippen molar-refractivity contribution in [2.24, 2.45) is 7.05 Å². The van der Waals surface area contributed by atoms with Crippen LogP contribution in [-0.2, 0) is 23.8 Å². The number of carbonyl (C=O) groups is 1. The first-order chi connectivity index (χ1) is 22.0. The molecule has 6 rings (SSSR count). The highest BCUT2D eigenvalue weighted by atomic mass is 16.5. The monoisotopic (exact) mass is 622 g/mol. The van der Waals surface area contributed by atoms with E-state index < -0.39 is 12.2 Å². The Morgan fingerprint density at radius 1 is 1.00 bits per heavy atom. The lowest BCUT2D eigenvalue weighted by molar-refractivity contribution is 0.0302. The van der Waals surface area contributed by atoms with Crippen molar-refractivity contribution in [3.8, 4) is 17.1 Å². The summed E-state index contributed by atoms with van der Waals surface area (Å²) in [5, 5.41) is 23.5. The highest BCUT2D eigenvalue weighted by Gasteiger charge is 2.21. The molecule has 1 aliphatic rings. The van der Waals surface area contributed by atoms with Crippen LogP contribution in [0.5, 0.6) is 0 Å². The molecule has 5 aromatic rings. The minimum atomic E-state index is -0.471. The number of anilines is 2. The summed E-state index contributed by atoms with van der Waals surface area (Å²) in [5.41, 5.74) is 1.90. The maximum Gasteiger partial charge on any atom is 0.290 e. The molecule has 2 N–H and O–H groups in total. The predicted octanol–water partition coefficient (Wildman–Crippen LogP) is 2.94. The molecule has 0 atom stereocenters. The van der Waals surface area contributed by atoms with Crippen LogP contribution in [0, 0.1) is 0 Å². The summed E-state index contributed by atoms with van der Waals surface area (Å²) in [5.74, 6) is 0.371. The zero-order valence-corrected chi connectivity index (χ0v) is 26.0. The van der Waals surface area contributed by atoms with Crippen LogP contribution in [0.3, 0.4) is 0 Å². The lowest BCUT2D eigenvalue weighted by Gasteiger charge is -2.26. The Labute approximate surface area is 264 Å².